The Labute approximate surface area is 114 Å². The van der Waals surface area contributed by atoms with E-state index < -0.39 is 12.0 Å². The number of aliphatic carboxylic acids is 1. The zero-order valence-corrected chi connectivity index (χ0v) is 12.0. The van der Waals surface area contributed by atoms with Gasteiger partial charge in [0.15, 0.2) is 0 Å². The standard InChI is InChI=1S/C14H24N2O3/c1-9-6-8-16(11(9)12(17)18)13(19)15-10-5-4-7-14(10,2)3/h9-11H,4-8H2,1-3H3,(H,15,19)(H,17,18). The molecule has 5 nitrogen and oxygen atoms in total. The zero-order chi connectivity index (χ0) is 14.2. The number of urea groups is 1. The van der Waals surface area contributed by atoms with E-state index >= 15 is 0 Å². The van der Waals surface area contributed by atoms with Gasteiger partial charge in [-0.25, -0.2) is 9.59 Å². The monoisotopic (exact) mass is 268 g/mol. The van der Waals surface area contributed by atoms with E-state index in [2.05, 4.69) is 19.2 Å². The molecule has 1 saturated heterocycles. The largest absolute Gasteiger partial charge is 0.480 e. The molecular formula is C14H24N2O3. The lowest BCUT2D eigenvalue weighted by atomic mass is 9.87. The van der Waals surface area contributed by atoms with Crippen molar-refractivity contribution >= 4 is 12.0 Å². The first-order valence-corrected chi connectivity index (χ1v) is 7.13. The Bertz CT molecular complexity index is 381. The molecule has 0 aromatic heterocycles. The number of carboxylic acid groups (broad SMARTS) is 1. The summed E-state index contributed by atoms with van der Waals surface area (Å²) in [6.07, 6.45) is 3.98. The first-order valence-electron chi connectivity index (χ1n) is 7.13. The molecule has 0 aromatic carbocycles. The van der Waals surface area contributed by atoms with Gasteiger partial charge in [-0.2, -0.15) is 0 Å². The summed E-state index contributed by atoms with van der Waals surface area (Å²) >= 11 is 0. The van der Waals surface area contributed by atoms with Gasteiger partial charge in [0.05, 0.1) is 0 Å². The first kappa shape index (κ1) is 14.2. The van der Waals surface area contributed by atoms with Gasteiger partial charge in [-0.15, -0.1) is 0 Å². The second-order valence-electron chi connectivity index (χ2n) is 6.63. The number of carbonyl (C=O) groups excluding carboxylic acids is 1. The van der Waals surface area contributed by atoms with Gasteiger partial charge >= 0.3 is 12.0 Å². The van der Waals surface area contributed by atoms with Crippen molar-refractivity contribution in [1.82, 2.24) is 10.2 Å². The molecule has 2 aliphatic rings. The van der Waals surface area contributed by atoms with Crippen LogP contribution in [0, 0.1) is 11.3 Å². The molecule has 0 spiro atoms. The van der Waals surface area contributed by atoms with Crippen LogP contribution in [0.25, 0.3) is 0 Å². The van der Waals surface area contributed by atoms with Crippen molar-refractivity contribution in [3.63, 3.8) is 0 Å². The fraction of sp³-hybridized carbons (Fsp3) is 0.857. The summed E-state index contributed by atoms with van der Waals surface area (Å²) in [5.74, 6) is -0.870. The Morgan fingerprint density at radius 2 is 2.00 bits per heavy atom. The molecule has 1 aliphatic carbocycles. The summed E-state index contributed by atoms with van der Waals surface area (Å²) in [4.78, 5) is 25.1. The maximum Gasteiger partial charge on any atom is 0.326 e. The molecule has 1 saturated carbocycles. The lowest BCUT2D eigenvalue weighted by Crippen LogP contribution is -2.52. The van der Waals surface area contributed by atoms with E-state index in [0.717, 1.165) is 25.7 Å². The van der Waals surface area contributed by atoms with Crippen molar-refractivity contribution in [2.45, 2.75) is 58.5 Å². The number of nitrogens with one attached hydrogen (secondary N) is 1. The van der Waals surface area contributed by atoms with Crippen LogP contribution in [0.4, 0.5) is 4.79 Å². The average molecular weight is 268 g/mol. The van der Waals surface area contributed by atoms with Crippen molar-refractivity contribution in [3.05, 3.63) is 0 Å². The highest BCUT2D eigenvalue weighted by Crippen LogP contribution is 2.37. The molecule has 1 aliphatic heterocycles. The molecule has 1 heterocycles. The molecule has 0 aromatic rings. The molecule has 3 unspecified atom stereocenters. The Hall–Kier alpha value is -1.26. The minimum absolute atomic E-state index is 0.0276. The summed E-state index contributed by atoms with van der Waals surface area (Å²) in [7, 11) is 0. The quantitative estimate of drug-likeness (QED) is 0.805. The molecular weight excluding hydrogens is 244 g/mol. The second-order valence-corrected chi connectivity index (χ2v) is 6.63. The lowest BCUT2D eigenvalue weighted by molar-refractivity contribution is -0.142. The third-order valence-corrected chi connectivity index (χ3v) is 4.77. The van der Waals surface area contributed by atoms with Crippen LogP contribution in [-0.2, 0) is 4.79 Å². The van der Waals surface area contributed by atoms with Crippen molar-refractivity contribution in [3.8, 4) is 0 Å². The van der Waals surface area contributed by atoms with Gasteiger partial charge in [0, 0.05) is 12.6 Å². The molecule has 3 atom stereocenters. The van der Waals surface area contributed by atoms with E-state index in [-0.39, 0.29) is 23.4 Å². The third-order valence-electron chi connectivity index (χ3n) is 4.77. The fourth-order valence-corrected chi connectivity index (χ4v) is 3.38. The number of amides is 2. The Balaban J connectivity index is 2.02. The van der Waals surface area contributed by atoms with Gasteiger partial charge in [0.1, 0.15) is 6.04 Å². The lowest BCUT2D eigenvalue weighted by Gasteiger charge is -2.31. The summed E-state index contributed by atoms with van der Waals surface area (Å²) in [6, 6.07) is -0.730. The van der Waals surface area contributed by atoms with Crippen LogP contribution in [-0.4, -0.2) is 40.6 Å². The SMILES string of the molecule is CC1CCN(C(=O)NC2CCCC2(C)C)C1C(=O)O. The molecule has 2 fully saturated rings. The number of rotatable bonds is 2. The molecule has 0 bridgehead atoms. The highest BCUT2D eigenvalue weighted by atomic mass is 16.4. The fourth-order valence-electron chi connectivity index (χ4n) is 3.38. The highest BCUT2D eigenvalue weighted by molar-refractivity contribution is 5.83. The Morgan fingerprint density at radius 3 is 2.53 bits per heavy atom. The summed E-state index contributed by atoms with van der Waals surface area (Å²) in [5, 5.41) is 12.3. The number of carbonyl (C=O) groups is 2. The number of nitrogens with zero attached hydrogens (tertiary/aromatic N) is 1. The van der Waals surface area contributed by atoms with Crippen LogP contribution in [0.1, 0.15) is 46.5 Å². The minimum atomic E-state index is -0.897. The highest BCUT2D eigenvalue weighted by Gasteiger charge is 2.42. The van der Waals surface area contributed by atoms with E-state index in [1.54, 1.807) is 0 Å². The van der Waals surface area contributed by atoms with E-state index in [1.165, 1.54) is 4.90 Å². The van der Waals surface area contributed by atoms with Gasteiger partial charge in [-0.1, -0.05) is 27.2 Å². The normalized spacial score (nSPS) is 33.4. The van der Waals surface area contributed by atoms with Crippen LogP contribution in [0.3, 0.4) is 0 Å². The van der Waals surface area contributed by atoms with E-state index in [1.807, 2.05) is 6.92 Å². The smallest absolute Gasteiger partial charge is 0.326 e. The Morgan fingerprint density at radius 1 is 1.32 bits per heavy atom. The molecule has 19 heavy (non-hydrogen) atoms. The topological polar surface area (TPSA) is 69.6 Å². The summed E-state index contributed by atoms with van der Waals surface area (Å²) in [5.41, 5.74) is 0.111. The van der Waals surface area contributed by atoms with E-state index in [4.69, 9.17) is 0 Å². The van der Waals surface area contributed by atoms with Gasteiger partial charge in [0.25, 0.3) is 0 Å². The van der Waals surface area contributed by atoms with Crippen LogP contribution in [0.5, 0.6) is 0 Å². The predicted molar refractivity (Wildman–Crippen MR) is 71.9 cm³/mol. The van der Waals surface area contributed by atoms with Crippen LogP contribution < -0.4 is 5.32 Å². The molecule has 5 heteroatoms. The van der Waals surface area contributed by atoms with Gasteiger partial charge in [-0.05, 0) is 30.6 Å². The molecule has 2 N–H and O–H groups in total. The predicted octanol–water partition coefficient (Wildman–Crippen LogP) is 2.07. The summed E-state index contributed by atoms with van der Waals surface area (Å²) < 4.78 is 0. The second kappa shape index (κ2) is 5.02. The molecule has 108 valence electrons. The minimum Gasteiger partial charge on any atom is -0.480 e. The molecule has 2 amide bonds. The number of likely N-dealkylation sites (tertiary alicyclic amines) is 1. The number of hydrogen-bond acceptors (Lipinski definition) is 2. The van der Waals surface area contributed by atoms with Crippen LogP contribution in [0.2, 0.25) is 0 Å². The molecule has 0 radical (unpaired) electrons. The van der Waals surface area contributed by atoms with Crippen LogP contribution >= 0.6 is 0 Å². The van der Waals surface area contributed by atoms with Crippen molar-refractivity contribution < 1.29 is 14.7 Å². The van der Waals surface area contributed by atoms with Crippen LogP contribution in [0.15, 0.2) is 0 Å². The third kappa shape index (κ3) is 2.69. The van der Waals surface area contributed by atoms with Crippen molar-refractivity contribution in [2.75, 3.05) is 6.54 Å². The van der Waals surface area contributed by atoms with E-state index in [0.29, 0.717) is 6.54 Å². The van der Waals surface area contributed by atoms with Crippen molar-refractivity contribution in [1.29, 1.82) is 0 Å². The Kier molecular flexibility index (Phi) is 3.74. The molecule has 2 rings (SSSR count). The number of carboxylic acids is 1. The van der Waals surface area contributed by atoms with Gasteiger partial charge < -0.3 is 15.3 Å². The zero-order valence-electron chi connectivity index (χ0n) is 12.0. The average Bonchev–Trinajstić information content (AvgIpc) is 2.82. The number of hydrogen-bond donors (Lipinski definition) is 2. The maximum absolute atomic E-state index is 12.3. The van der Waals surface area contributed by atoms with E-state index in [9.17, 15) is 14.7 Å². The maximum atomic E-state index is 12.3. The van der Waals surface area contributed by atoms with Crippen molar-refractivity contribution in [2.24, 2.45) is 11.3 Å². The first-order chi connectivity index (χ1) is 8.83. The van der Waals surface area contributed by atoms with Gasteiger partial charge in [-0.3, -0.25) is 0 Å². The van der Waals surface area contributed by atoms with Gasteiger partial charge in [0.2, 0.25) is 0 Å². The summed E-state index contributed by atoms with van der Waals surface area (Å²) in [6.45, 7) is 6.75.